The molecule has 0 amide bonds. The molecule has 2 heterocycles. The Balaban J connectivity index is 1.57. The summed E-state index contributed by atoms with van der Waals surface area (Å²) in [5.74, 6) is 1.55. The van der Waals surface area contributed by atoms with Crippen molar-refractivity contribution in [2.75, 3.05) is 23.3 Å². The minimum Gasteiger partial charge on any atom is -0.371 e. The quantitative estimate of drug-likeness (QED) is 0.767. The number of hydrogen-bond donors (Lipinski definition) is 2. The van der Waals surface area contributed by atoms with Gasteiger partial charge < -0.3 is 15.5 Å². The van der Waals surface area contributed by atoms with Gasteiger partial charge in [0.2, 0.25) is 0 Å². The van der Waals surface area contributed by atoms with Crippen molar-refractivity contribution < 1.29 is 0 Å². The predicted molar refractivity (Wildman–Crippen MR) is 114 cm³/mol. The molecule has 0 saturated carbocycles. The first-order chi connectivity index (χ1) is 12.5. The Hall–Kier alpha value is -2.14. The van der Waals surface area contributed by atoms with Crippen LogP contribution < -0.4 is 15.5 Å². The van der Waals surface area contributed by atoms with E-state index in [-0.39, 0.29) is 6.04 Å². The molecule has 26 heavy (non-hydrogen) atoms. The molecule has 2 unspecified atom stereocenters. The molecule has 1 aliphatic rings. The van der Waals surface area contributed by atoms with Crippen LogP contribution in [0.2, 0.25) is 0 Å². The zero-order chi connectivity index (χ0) is 18.5. The molecular weight excluding hydrogens is 340 g/mol. The summed E-state index contributed by atoms with van der Waals surface area (Å²) in [6, 6.07) is 12.9. The zero-order valence-electron chi connectivity index (χ0n) is 15.8. The van der Waals surface area contributed by atoms with E-state index in [0.29, 0.717) is 5.11 Å². The first-order valence-corrected chi connectivity index (χ1v) is 9.77. The maximum Gasteiger partial charge on any atom is 0.172 e. The number of anilines is 2. The molecule has 2 atom stereocenters. The van der Waals surface area contributed by atoms with Crippen LogP contribution in [0.5, 0.6) is 0 Å². The van der Waals surface area contributed by atoms with Gasteiger partial charge in [0.05, 0.1) is 6.04 Å². The second-order valence-corrected chi connectivity index (χ2v) is 7.73. The summed E-state index contributed by atoms with van der Waals surface area (Å²) in [5.41, 5.74) is 3.69. The summed E-state index contributed by atoms with van der Waals surface area (Å²) in [4.78, 5) is 6.78. The highest BCUT2D eigenvalue weighted by Gasteiger charge is 2.17. The highest BCUT2D eigenvalue weighted by molar-refractivity contribution is 7.80. The van der Waals surface area contributed by atoms with Crippen LogP contribution in [0.1, 0.15) is 43.9 Å². The molecule has 0 radical (unpaired) electrons. The molecule has 1 fully saturated rings. The highest BCUT2D eigenvalue weighted by Crippen LogP contribution is 2.24. The molecule has 2 N–H and O–H groups in total. The minimum atomic E-state index is 0.133. The fourth-order valence-corrected chi connectivity index (χ4v) is 3.72. The minimum absolute atomic E-state index is 0.133. The molecular formula is C21H28N4S. The summed E-state index contributed by atoms with van der Waals surface area (Å²) in [6.45, 7) is 8.81. The monoisotopic (exact) mass is 368 g/mol. The van der Waals surface area contributed by atoms with E-state index in [1.54, 1.807) is 6.20 Å². The van der Waals surface area contributed by atoms with Gasteiger partial charge in [-0.05, 0) is 80.2 Å². The fraction of sp³-hybridized carbons (Fsp3) is 0.429. The van der Waals surface area contributed by atoms with Crippen molar-refractivity contribution in [3.63, 3.8) is 0 Å². The summed E-state index contributed by atoms with van der Waals surface area (Å²) in [7, 11) is 0. The smallest absolute Gasteiger partial charge is 0.172 e. The standard InChI is InChI=1S/C21H28N4S/c1-15-10-11-22-20(13-15)24-21(26)23-17(3)18-6-8-19(9-7-18)25-12-4-5-16(2)14-25/h6-11,13,16-17H,4-5,12,14H2,1-3H3,(H2,22,23,24,26). The third-order valence-corrected chi connectivity index (χ3v) is 5.14. The molecule has 1 aromatic heterocycles. The van der Waals surface area contributed by atoms with Crippen molar-refractivity contribution in [1.82, 2.24) is 10.3 Å². The van der Waals surface area contributed by atoms with Gasteiger partial charge in [-0.15, -0.1) is 0 Å². The Morgan fingerprint density at radius 3 is 2.73 bits per heavy atom. The number of nitrogens with zero attached hydrogens (tertiary/aromatic N) is 2. The maximum absolute atomic E-state index is 5.43. The van der Waals surface area contributed by atoms with E-state index in [2.05, 4.69) is 58.6 Å². The molecule has 3 rings (SSSR count). The van der Waals surface area contributed by atoms with Crippen molar-refractivity contribution >= 4 is 28.8 Å². The summed E-state index contributed by atoms with van der Waals surface area (Å²) in [5, 5.41) is 7.08. The molecule has 2 aromatic rings. The molecule has 4 nitrogen and oxygen atoms in total. The van der Waals surface area contributed by atoms with Gasteiger partial charge in [0.15, 0.2) is 5.11 Å². The van der Waals surface area contributed by atoms with Crippen molar-refractivity contribution in [3.05, 3.63) is 53.7 Å². The fourth-order valence-electron chi connectivity index (χ4n) is 3.43. The first kappa shape index (κ1) is 18.6. The van der Waals surface area contributed by atoms with Crippen LogP contribution in [0.3, 0.4) is 0 Å². The molecule has 5 heteroatoms. The topological polar surface area (TPSA) is 40.2 Å². The average molecular weight is 369 g/mol. The highest BCUT2D eigenvalue weighted by atomic mass is 32.1. The second-order valence-electron chi connectivity index (χ2n) is 7.32. The van der Waals surface area contributed by atoms with Crippen LogP contribution >= 0.6 is 12.2 Å². The van der Waals surface area contributed by atoms with E-state index < -0.39 is 0 Å². The van der Waals surface area contributed by atoms with Crippen molar-refractivity contribution in [2.24, 2.45) is 5.92 Å². The number of aromatic nitrogens is 1. The van der Waals surface area contributed by atoms with Crippen LogP contribution in [-0.2, 0) is 0 Å². The second kappa shape index (κ2) is 8.49. The molecule has 0 spiro atoms. The number of piperidine rings is 1. The molecule has 0 aliphatic carbocycles. The van der Waals surface area contributed by atoms with Gasteiger partial charge in [-0.25, -0.2) is 4.98 Å². The van der Waals surface area contributed by atoms with Crippen LogP contribution in [0, 0.1) is 12.8 Å². The molecule has 0 bridgehead atoms. The lowest BCUT2D eigenvalue weighted by molar-refractivity contribution is 0.447. The van der Waals surface area contributed by atoms with Crippen molar-refractivity contribution in [1.29, 1.82) is 0 Å². The van der Waals surface area contributed by atoms with Crippen LogP contribution in [0.25, 0.3) is 0 Å². The lowest BCUT2D eigenvalue weighted by Crippen LogP contribution is -2.34. The number of hydrogen-bond acceptors (Lipinski definition) is 3. The number of thiocarbonyl (C=S) groups is 1. The summed E-state index contributed by atoms with van der Waals surface area (Å²) in [6.07, 6.45) is 4.41. The Bertz CT molecular complexity index is 744. The number of pyridine rings is 1. The Labute approximate surface area is 162 Å². The van der Waals surface area contributed by atoms with Gasteiger partial charge in [-0.1, -0.05) is 19.1 Å². The summed E-state index contributed by atoms with van der Waals surface area (Å²) < 4.78 is 0. The van der Waals surface area contributed by atoms with E-state index in [0.717, 1.165) is 30.4 Å². The lowest BCUT2D eigenvalue weighted by atomic mass is 9.99. The Morgan fingerprint density at radius 1 is 1.27 bits per heavy atom. The van der Waals surface area contributed by atoms with Crippen LogP contribution in [0.15, 0.2) is 42.6 Å². The van der Waals surface area contributed by atoms with Gasteiger partial charge in [-0.2, -0.15) is 0 Å². The van der Waals surface area contributed by atoms with Crippen molar-refractivity contribution in [2.45, 2.75) is 39.7 Å². The van der Waals surface area contributed by atoms with E-state index >= 15 is 0 Å². The average Bonchev–Trinajstić information content (AvgIpc) is 2.61. The third-order valence-electron chi connectivity index (χ3n) is 4.92. The van der Waals surface area contributed by atoms with E-state index in [1.165, 1.54) is 24.1 Å². The number of aryl methyl sites for hydroxylation is 1. The predicted octanol–water partition coefficient (Wildman–Crippen LogP) is 4.67. The van der Waals surface area contributed by atoms with Gasteiger partial charge in [0.25, 0.3) is 0 Å². The number of nitrogens with one attached hydrogen (secondary N) is 2. The van der Waals surface area contributed by atoms with Crippen molar-refractivity contribution in [3.8, 4) is 0 Å². The normalized spacial score (nSPS) is 18.3. The van der Waals surface area contributed by atoms with E-state index in [4.69, 9.17) is 12.2 Å². The van der Waals surface area contributed by atoms with E-state index in [1.807, 2.05) is 19.1 Å². The SMILES string of the molecule is Cc1ccnc(NC(=S)NC(C)c2ccc(N3CCCC(C)C3)cc2)c1. The van der Waals surface area contributed by atoms with E-state index in [9.17, 15) is 0 Å². The third kappa shape index (κ3) is 4.94. The maximum atomic E-state index is 5.43. The molecule has 1 aliphatic heterocycles. The Kier molecular flexibility index (Phi) is 6.09. The largest absolute Gasteiger partial charge is 0.371 e. The van der Waals surface area contributed by atoms with Gasteiger partial charge in [-0.3, -0.25) is 0 Å². The van der Waals surface area contributed by atoms with Crippen LogP contribution in [-0.4, -0.2) is 23.2 Å². The first-order valence-electron chi connectivity index (χ1n) is 9.36. The van der Waals surface area contributed by atoms with Crippen LogP contribution in [0.4, 0.5) is 11.5 Å². The van der Waals surface area contributed by atoms with Gasteiger partial charge in [0.1, 0.15) is 5.82 Å². The van der Waals surface area contributed by atoms with Gasteiger partial charge in [0, 0.05) is 25.0 Å². The Morgan fingerprint density at radius 2 is 2.04 bits per heavy atom. The number of benzene rings is 1. The summed E-state index contributed by atoms with van der Waals surface area (Å²) >= 11 is 5.43. The number of rotatable bonds is 4. The zero-order valence-corrected chi connectivity index (χ0v) is 16.6. The molecule has 138 valence electrons. The lowest BCUT2D eigenvalue weighted by Gasteiger charge is -2.33. The molecule has 1 saturated heterocycles. The van der Waals surface area contributed by atoms with Gasteiger partial charge >= 0.3 is 0 Å². The molecule has 1 aromatic carbocycles.